The minimum Gasteiger partial charge on any atom is -0.481 e. The number of nitrogens with one attached hydrogen (secondary N) is 1. The molecule has 4 heteroatoms. The topological polar surface area (TPSA) is 66.4 Å². The van der Waals surface area contributed by atoms with Crippen molar-refractivity contribution in [3.05, 3.63) is 0 Å². The first kappa shape index (κ1) is 13.0. The molecule has 0 spiro atoms. The van der Waals surface area contributed by atoms with E-state index in [1.807, 2.05) is 0 Å². The first-order valence-electron chi connectivity index (χ1n) is 6.06. The molecule has 2 unspecified atom stereocenters. The van der Waals surface area contributed by atoms with Gasteiger partial charge in [-0.15, -0.1) is 0 Å². The molecule has 1 aliphatic rings. The van der Waals surface area contributed by atoms with Gasteiger partial charge in [-0.2, -0.15) is 0 Å². The second-order valence-corrected chi connectivity index (χ2v) is 4.84. The molecule has 16 heavy (non-hydrogen) atoms. The third-order valence-corrected chi connectivity index (χ3v) is 3.18. The van der Waals surface area contributed by atoms with Crippen LogP contribution in [0.2, 0.25) is 0 Å². The Labute approximate surface area is 96.4 Å². The molecule has 1 rings (SSSR count). The van der Waals surface area contributed by atoms with Crippen LogP contribution in [0.4, 0.5) is 0 Å². The van der Waals surface area contributed by atoms with E-state index >= 15 is 0 Å². The average Bonchev–Trinajstić information content (AvgIpc) is 2.16. The summed E-state index contributed by atoms with van der Waals surface area (Å²) >= 11 is 0. The Morgan fingerprint density at radius 1 is 1.38 bits per heavy atom. The summed E-state index contributed by atoms with van der Waals surface area (Å²) in [7, 11) is 0. The molecule has 0 radical (unpaired) electrons. The Balaban J connectivity index is 2.15. The first-order chi connectivity index (χ1) is 7.58. The molecule has 0 aromatic carbocycles. The van der Waals surface area contributed by atoms with Gasteiger partial charge in [0, 0.05) is 13.0 Å². The average molecular weight is 227 g/mol. The minimum absolute atomic E-state index is 0.000324. The molecule has 0 saturated heterocycles. The monoisotopic (exact) mass is 227 g/mol. The molecule has 2 atom stereocenters. The second kappa shape index (κ2) is 6.51. The summed E-state index contributed by atoms with van der Waals surface area (Å²) in [4.78, 5) is 21.8. The zero-order valence-electron chi connectivity index (χ0n) is 9.87. The van der Waals surface area contributed by atoms with Crippen molar-refractivity contribution in [3.8, 4) is 0 Å². The number of aliphatic carboxylic acids is 1. The number of rotatable bonds is 5. The fraction of sp³-hybridized carbons (Fsp3) is 0.833. The fourth-order valence-electron chi connectivity index (χ4n) is 2.39. The van der Waals surface area contributed by atoms with E-state index in [1.54, 1.807) is 0 Å². The predicted octanol–water partition coefficient (Wildman–Crippen LogP) is 1.79. The lowest BCUT2D eigenvalue weighted by molar-refractivity contribution is -0.136. The van der Waals surface area contributed by atoms with Crippen LogP contribution in [0.15, 0.2) is 0 Å². The van der Waals surface area contributed by atoms with Gasteiger partial charge < -0.3 is 10.4 Å². The molecule has 1 aliphatic carbocycles. The van der Waals surface area contributed by atoms with Crippen molar-refractivity contribution in [1.29, 1.82) is 0 Å². The SMILES string of the molecule is CC1CCCC(CC(=O)NCCC(=O)O)C1. The number of amides is 1. The van der Waals surface area contributed by atoms with Gasteiger partial charge in [0.05, 0.1) is 6.42 Å². The minimum atomic E-state index is -0.869. The van der Waals surface area contributed by atoms with Crippen LogP contribution in [-0.4, -0.2) is 23.5 Å². The Morgan fingerprint density at radius 2 is 2.12 bits per heavy atom. The summed E-state index contributed by atoms with van der Waals surface area (Å²) in [5.41, 5.74) is 0. The second-order valence-electron chi connectivity index (χ2n) is 4.84. The molecule has 1 amide bonds. The Bertz CT molecular complexity index is 253. The molecular weight excluding hydrogens is 206 g/mol. The molecule has 1 saturated carbocycles. The van der Waals surface area contributed by atoms with E-state index < -0.39 is 5.97 Å². The maximum absolute atomic E-state index is 11.5. The summed E-state index contributed by atoms with van der Waals surface area (Å²) in [6.07, 6.45) is 5.32. The van der Waals surface area contributed by atoms with Crippen LogP contribution in [-0.2, 0) is 9.59 Å². The highest BCUT2D eigenvalue weighted by atomic mass is 16.4. The van der Waals surface area contributed by atoms with Crippen molar-refractivity contribution >= 4 is 11.9 Å². The van der Waals surface area contributed by atoms with Crippen LogP contribution in [0.25, 0.3) is 0 Å². The summed E-state index contributed by atoms with van der Waals surface area (Å²) in [5, 5.41) is 11.1. The quantitative estimate of drug-likeness (QED) is 0.752. The van der Waals surface area contributed by atoms with Gasteiger partial charge in [0.2, 0.25) is 5.91 Å². The van der Waals surface area contributed by atoms with E-state index in [9.17, 15) is 9.59 Å². The van der Waals surface area contributed by atoms with Gasteiger partial charge in [-0.25, -0.2) is 0 Å². The smallest absolute Gasteiger partial charge is 0.305 e. The van der Waals surface area contributed by atoms with Gasteiger partial charge in [-0.3, -0.25) is 9.59 Å². The molecule has 0 bridgehead atoms. The predicted molar refractivity (Wildman–Crippen MR) is 61.0 cm³/mol. The summed E-state index contributed by atoms with van der Waals surface area (Å²) in [5.74, 6) is 0.353. The van der Waals surface area contributed by atoms with Gasteiger partial charge >= 0.3 is 5.97 Å². The van der Waals surface area contributed by atoms with Crippen molar-refractivity contribution in [2.75, 3.05) is 6.54 Å². The normalized spacial score (nSPS) is 25.1. The van der Waals surface area contributed by atoms with Gasteiger partial charge in [0.1, 0.15) is 0 Å². The Kier molecular flexibility index (Phi) is 5.29. The fourth-order valence-corrected chi connectivity index (χ4v) is 2.39. The van der Waals surface area contributed by atoms with Gasteiger partial charge in [0.15, 0.2) is 0 Å². The Morgan fingerprint density at radius 3 is 2.75 bits per heavy atom. The van der Waals surface area contributed by atoms with Crippen molar-refractivity contribution in [3.63, 3.8) is 0 Å². The number of carboxylic acid groups (broad SMARTS) is 1. The first-order valence-corrected chi connectivity index (χ1v) is 6.06. The lowest BCUT2D eigenvalue weighted by Gasteiger charge is -2.26. The van der Waals surface area contributed by atoms with Crippen molar-refractivity contribution < 1.29 is 14.7 Å². The van der Waals surface area contributed by atoms with Crippen LogP contribution in [0.3, 0.4) is 0 Å². The van der Waals surface area contributed by atoms with Crippen LogP contribution in [0.5, 0.6) is 0 Å². The molecule has 0 aromatic rings. The summed E-state index contributed by atoms with van der Waals surface area (Å²) < 4.78 is 0. The maximum atomic E-state index is 11.5. The van der Waals surface area contributed by atoms with E-state index in [0.29, 0.717) is 12.3 Å². The third-order valence-electron chi connectivity index (χ3n) is 3.18. The highest BCUT2D eigenvalue weighted by Gasteiger charge is 2.21. The van der Waals surface area contributed by atoms with Gasteiger partial charge in [-0.05, 0) is 24.7 Å². The maximum Gasteiger partial charge on any atom is 0.305 e. The van der Waals surface area contributed by atoms with E-state index in [1.165, 1.54) is 12.8 Å². The number of carbonyl (C=O) groups excluding carboxylic acids is 1. The van der Waals surface area contributed by atoms with E-state index in [2.05, 4.69) is 12.2 Å². The third kappa shape index (κ3) is 5.14. The number of carbonyl (C=O) groups is 2. The largest absolute Gasteiger partial charge is 0.481 e. The molecule has 2 N–H and O–H groups in total. The van der Waals surface area contributed by atoms with Crippen LogP contribution >= 0.6 is 0 Å². The molecular formula is C12H21NO3. The van der Waals surface area contributed by atoms with Crippen molar-refractivity contribution in [2.45, 2.75) is 45.4 Å². The number of carboxylic acids is 1. The highest BCUT2D eigenvalue weighted by molar-refractivity contribution is 5.77. The molecule has 1 fully saturated rings. The highest BCUT2D eigenvalue weighted by Crippen LogP contribution is 2.30. The molecule has 4 nitrogen and oxygen atoms in total. The van der Waals surface area contributed by atoms with Crippen LogP contribution in [0.1, 0.15) is 45.4 Å². The van der Waals surface area contributed by atoms with Gasteiger partial charge in [-0.1, -0.05) is 19.8 Å². The van der Waals surface area contributed by atoms with E-state index in [-0.39, 0.29) is 18.9 Å². The molecule has 92 valence electrons. The van der Waals surface area contributed by atoms with E-state index in [4.69, 9.17) is 5.11 Å². The zero-order chi connectivity index (χ0) is 12.0. The number of hydrogen-bond donors (Lipinski definition) is 2. The van der Waals surface area contributed by atoms with E-state index in [0.717, 1.165) is 18.8 Å². The molecule has 0 aliphatic heterocycles. The van der Waals surface area contributed by atoms with Crippen LogP contribution in [0, 0.1) is 11.8 Å². The standard InChI is InChI=1S/C12H21NO3/c1-9-3-2-4-10(7-9)8-11(14)13-6-5-12(15)16/h9-10H,2-8H2,1H3,(H,13,14)(H,15,16). The molecule has 0 aromatic heterocycles. The van der Waals surface area contributed by atoms with Crippen molar-refractivity contribution in [2.24, 2.45) is 11.8 Å². The summed E-state index contributed by atoms with van der Waals surface area (Å²) in [6.45, 7) is 2.48. The summed E-state index contributed by atoms with van der Waals surface area (Å²) in [6, 6.07) is 0. The lowest BCUT2D eigenvalue weighted by Crippen LogP contribution is -2.29. The lowest BCUT2D eigenvalue weighted by atomic mass is 9.81. The van der Waals surface area contributed by atoms with Crippen LogP contribution < -0.4 is 5.32 Å². The van der Waals surface area contributed by atoms with Crippen molar-refractivity contribution in [1.82, 2.24) is 5.32 Å². The Hall–Kier alpha value is -1.06. The molecule has 0 heterocycles. The number of hydrogen-bond acceptors (Lipinski definition) is 2. The van der Waals surface area contributed by atoms with Gasteiger partial charge in [0.25, 0.3) is 0 Å². The zero-order valence-corrected chi connectivity index (χ0v) is 9.87.